The zero-order valence-corrected chi connectivity index (χ0v) is 41.5. The number of phenols is 1. The van der Waals surface area contributed by atoms with Crippen molar-refractivity contribution in [1.29, 1.82) is 0 Å². The standard InChI is InChI=1S/C52H64N14O7/c1-33(2)49(52(70)64-32-40(67)27-44(64)51(69)56-34(3)35-8-10-36(11-9-35)65-17-16-55-60-65)46-29-48(59-73-46)72-25-23-62-20-18-61(19-21-62)22-24-71-47-26-37(14-15-54-47)66-38-12-13-39(66)31-63(30-38)43-28-42(57-58-50(43)53)41-6-4-5-7-45(41)68/h4-11,14-17,26,28-29,33-34,38-40,44,49,67-68H,12-13,18-25,27,30-32H2,1-3H3,(H2,53,58)(H,56,69)/t34-,38?,39?,40+,44-,49-/m0/s1. The highest BCUT2D eigenvalue weighted by Crippen LogP contribution is 2.40. The summed E-state index contributed by atoms with van der Waals surface area (Å²) in [5.74, 6) is 0.235. The number of β-amino-alcohol motifs (C(OH)–C–C–N with tert-alkyl or cyclic N) is 1. The van der Waals surface area contributed by atoms with Crippen LogP contribution in [0.15, 0.2) is 95.9 Å². The summed E-state index contributed by atoms with van der Waals surface area (Å²) in [5, 5.41) is 44.7. The van der Waals surface area contributed by atoms with Crippen LogP contribution in [0.4, 0.5) is 17.2 Å². The smallest absolute Gasteiger partial charge is 0.254 e. The fourth-order valence-corrected chi connectivity index (χ4v) is 10.8. The van der Waals surface area contributed by atoms with Crippen molar-refractivity contribution in [3.63, 3.8) is 0 Å². The van der Waals surface area contributed by atoms with Gasteiger partial charge in [-0.2, -0.15) is 0 Å². The van der Waals surface area contributed by atoms with Gasteiger partial charge in [0.2, 0.25) is 17.7 Å². The van der Waals surface area contributed by atoms with Crippen molar-refractivity contribution >= 4 is 29.0 Å². The molecule has 2 aromatic carbocycles. The van der Waals surface area contributed by atoms with Crippen molar-refractivity contribution in [2.45, 2.75) is 76.2 Å². The van der Waals surface area contributed by atoms with Crippen LogP contribution < -0.4 is 30.3 Å². The van der Waals surface area contributed by atoms with Crippen LogP contribution in [-0.4, -0.2) is 168 Å². The molecule has 4 aromatic heterocycles. The molecule has 5 N–H and O–H groups in total. The number of ether oxygens (including phenoxy) is 2. The Hall–Kier alpha value is -7.36. The van der Waals surface area contributed by atoms with E-state index in [-0.39, 0.29) is 54.6 Å². The molecule has 6 aromatic rings. The predicted octanol–water partition coefficient (Wildman–Crippen LogP) is 3.91. The second-order valence-electron chi connectivity index (χ2n) is 19.8. The van der Waals surface area contributed by atoms with Crippen LogP contribution >= 0.6 is 0 Å². The van der Waals surface area contributed by atoms with Crippen LogP contribution in [0.1, 0.15) is 63.3 Å². The number of aromatic nitrogens is 7. The molecule has 4 aliphatic rings. The number of nitrogen functional groups attached to an aromatic ring is 1. The molecule has 2 unspecified atom stereocenters. The number of piperazine rings is 2. The molecule has 4 aliphatic heterocycles. The summed E-state index contributed by atoms with van der Waals surface area (Å²) in [6.45, 7) is 13.3. The molecule has 0 saturated carbocycles. The molecule has 0 aliphatic carbocycles. The zero-order chi connectivity index (χ0) is 50.6. The molecule has 8 heterocycles. The number of benzene rings is 2. The number of anilines is 3. The molecule has 2 bridgehead atoms. The summed E-state index contributed by atoms with van der Waals surface area (Å²) < 4.78 is 19.6. The average molecular weight is 997 g/mol. The van der Waals surface area contributed by atoms with Crippen molar-refractivity contribution < 1.29 is 33.8 Å². The van der Waals surface area contributed by atoms with Gasteiger partial charge in [-0.15, -0.1) is 15.3 Å². The lowest BCUT2D eigenvalue weighted by Gasteiger charge is -2.43. The Morgan fingerprint density at radius 2 is 1.56 bits per heavy atom. The molecule has 0 radical (unpaired) electrons. The molecule has 21 heteroatoms. The fraction of sp³-hybridized carbons (Fsp3) is 0.462. The van der Waals surface area contributed by atoms with Crippen molar-refractivity contribution in [2.24, 2.45) is 5.92 Å². The number of carbonyl (C=O) groups excluding carboxylic acids is 2. The SMILES string of the molecule is CC(C)[C@H](C(=O)N1C[C@H](O)C[C@H]1C(=O)N[C@@H](C)c1ccc(-n2ccnn2)cc1)c1cc(OCCN2CCN(CCOc3cc(N4C5CCC4CN(c4cc(-c6ccccc6O)nnc4N)C5)ccn3)CC2)no1. The maximum absolute atomic E-state index is 14.2. The van der Waals surface area contributed by atoms with Crippen molar-refractivity contribution in [3.8, 4) is 34.5 Å². The maximum Gasteiger partial charge on any atom is 0.254 e. The average Bonchev–Trinajstić information content (AvgIpc) is 4.23. The third-order valence-electron chi connectivity index (χ3n) is 14.7. The number of amides is 2. The molecule has 0 spiro atoms. The molecule has 4 saturated heterocycles. The quantitative estimate of drug-likeness (QED) is 0.0954. The summed E-state index contributed by atoms with van der Waals surface area (Å²) in [7, 11) is 0. The van der Waals surface area contributed by atoms with E-state index in [1.54, 1.807) is 35.3 Å². The number of carbonyl (C=O) groups is 2. The Morgan fingerprint density at radius 3 is 2.25 bits per heavy atom. The first kappa shape index (κ1) is 49.2. The van der Waals surface area contributed by atoms with E-state index in [1.165, 1.54) is 4.90 Å². The highest BCUT2D eigenvalue weighted by Gasteiger charge is 2.44. The topological polar surface area (TPSA) is 243 Å². The molecule has 21 nitrogen and oxygen atoms in total. The number of nitrogens with zero attached hydrogens (tertiary/aromatic N) is 12. The number of fused-ring (bicyclic) bond motifs is 2. The molecule has 10 rings (SSSR count). The van der Waals surface area contributed by atoms with E-state index in [0.717, 1.165) is 81.3 Å². The van der Waals surface area contributed by atoms with Crippen molar-refractivity contribution in [3.05, 3.63) is 103 Å². The minimum atomic E-state index is -0.844. The molecule has 73 heavy (non-hydrogen) atoms. The summed E-state index contributed by atoms with van der Waals surface area (Å²) in [6.07, 6.45) is 6.61. The Balaban J connectivity index is 0.655. The Bertz CT molecular complexity index is 2810. The first-order valence-electron chi connectivity index (χ1n) is 25.3. The number of phenolic OH excluding ortho intramolecular Hbond substituents is 1. The lowest BCUT2D eigenvalue weighted by atomic mass is 9.91. The van der Waals surface area contributed by atoms with Gasteiger partial charge in [0, 0.05) is 107 Å². The van der Waals surface area contributed by atoms with E-state index >= 15 is 0 Å². The number of hydrogen-bond acceptors (Lipinski definition) is 18. The summed E-state index contributed by atoms with van der Waals surface area (Å²) >= 11 is 0. The van der Waals surface area contributed by atoms with Crippen LogP contribution in [0.5, 0.6) is 17.5 Å². The van der Waals surface area contributed by atoms with Crippen LogP contribution in [-0.2, 0) is 9.59 Å². The largest absolute Gasteiger partial charge is 0.507 e. The molecule has 2 amide bonds. The second-order valence-corrected chi connectivity index (χ2v) is 19.8. The summed E-state index contributed by atoms with van der Waals surface area (Å²) in [4.78, 5) is 43.4. The lowest BCUT2D eigenvalue weighted by molar-refractivity contribution is -0.141. The number of hydrogen-bond donors (Lipinski definition) is 4. The fourth-order valence-electron chi connectivity index (χ4n) is 10.8. The molecular weight excluding hydrogens is 933 g/mol. The van der Waals surface area contributed by atoms with Gasteiger partial charge in [0.05, 0.1) is 41.6 Å². The minimum absolute atomic E-state index is 0.0417. The third-order valence-corrected chi connectivity index (χ3v) is 14.7. The molecule has 384 valence electrons. The van der Waals surface area contributed by atoms with Crippen LogP contribution in [0.3, 0.4) is 0 Å². The monoisotopic (exact) mass is 997 g/mol. The normalized spacial score (nSPS) is 21.1. The van der Waals surface area contributed by atoms with E-state index in [4.69, 9.17) is 19.7 Å². The number of para-hydroxylation sites is 1. The van der Waals surface area contributed by atoms with E-state index in [0.29, 0.717) is 54.4 Å². The van der Waals surface area contributed by atoms with Gasteiger partial charge < -0.3 is 50.0 Å². The van der Waals surface area contributed by atoms with Gasteiger partial charge in [-0.1, -0.05) is 43.3 Å². The second kappa shape index (κ2) is 21.8. The minimum Gasteiger partial charge on any atom is -0.507 e. The first-order chi connectivity index (χ1) is 35.4. The number of pyridine rings is 1. The predicted molar refractivity (Wildman–Crippen MR) is 271 cm³/mol. The molecule has 6 atom stereocenters. The van der Waals surface area contributed by atoms with Crippen molar-refractivity contribution in [1.82, 2.24) is 55.3 Å². The van der Waals surface area contributed by atoms with E-state index in [1.807, 2.05) is 69.4 Å². The Morgan fingerprint density at radius 1 is 0.849 bits per heavy atom. The Kier molecular flexibility index (Phi) is 14.7. The van der Waals surface area contributed by atoms with E-state index in [2.05, 4.69) is 67.7 Å². The van der Waals surface area contributed by atoms with Gasteiger partial charge in [-0.3, -0.25) is 19.4 Å². The summed E-state index contributed by atoms with van der Waals surface area (Å²) in [6, 6.07) is 21.8. The lowest BCUT2D eigenvalue weighted by Crippen LogP contribution is -2.54. The number of likely N-dealkylation sites (tertiary alicyclic amines) is 1. The summed E-state index contributed by atoms with van der Waals surface area (Å²) in [5.41, 5.74) is 11.2. The van der Waals surface area contributed by atoms with Gasteiger partial charge in [-0.05, 0) is 72.8 Å². The number of aromatic hydroxyl groups is 1. The highest BCUT2D eigenvalue weighted by atomic mass is 16.5. The van der Waals surface area contributed by atoms with Gasteiger partial charge in [-0.25, -0.2) is 9.67 Å². The number of rotatable bonds is 18. The Labute approximate surface area is 423 Å². The zero-order valence-electron chi connectivity index (χ0n) is 41.5. The molecule has 4 fully saturated rings. The first-order valence-corrected chi connectivity index (χ1v) is 25.3. The highest BCUT2D eigenvalue weighted by molar-refractivity contribution is 5.91. The van der Waals surface area contributed by atoms with Gasteiger partial charge >= 0.3 is 0 Å². The van der Waals surface area contributed by atoms with E-state index in [9.17, 15) is 19.8 Å². The number of nitrogens with two attached hydrogens (primary N) is 1. The third kappa shape index (κ3) is 11.0. The van der Waals surface area contributed by atoms with Gasteiger partial charge in [0.1, 0.15) is 30.9 Å². The van der Waals surface area contributed by atoms with Crippen molar-refractivity contribution in [2.75, 3.05) is 87.7 Å². The van der Waals surface area contributed by atoms with Gasteiger partial charge in [0.25, 0.3) is 5.88 Å². The van der Waals surface area contributed by atoms with Crippen LogP contribution in [0.2, 0.25) is 0 Å². The number of aliphatic hydroxyl groups is 1. The van der Waals surface area contributed by atoms with Crippen LogP contribution in [0, 0.1) is 5.92 Å². The molecular formula is C52H64N14O7. The number of aliphatic hydroxyl groups excluding tert-OH is 1. The number of nitrogens with one attached hydrogen (secondary N) is 1. The van der Waals surface area contributed by atoms with Gasteiger partial charge in [0.15, 0.2) is 11.6 Å². The maximum atomic E-state index is 14.2. The van der Waals surface area contributed by atoms with E-state index < -0.39 is 18.1 Å². The van der Waals surface area contributed by atoms with Crippen LogP contribution in [0.25, 0.3) is 16.9 Å².